The van der Waals surface area contributed by atoms with E-state index < -0.39 is 48.3 Å². The molecule has 0 aromatic heterocycles. The zero-order chi connectivity index (χ0) is 58.7. The van der Waals surface area contributed by atoms with Crippen molar-refractivity contribution in [3.8, 4) is 0 Å². The van der Waals surface area contributed by atoms with Crippen LogP contribution in [0.2, 0.25) is 0 Å². The van der Waals surface area contributed by atoms with Crippen LogP contribution in [0.4, 0.5) is 0 Å². The minimum atomic E-state index is -0.743. The summed E-state index contributed by atoms with van der Waals surface area (Å²) in [6.45, 7) is 26.5. The number of esters is 4. The molecule has 8 heteroatoms. The highest BCUT2D eigenvalue weighted by Crippen LogP contribution is 2.49. The summed E-state index contributed by atoms with van der Waals surface area (Å²) in [5.41, 5.74) is 2.58. The van der Waals surface area contributed by atoms with Gasteiger partial charge < -0.3 is 18.9 Å². The molecule has 4 aliphatic carbocycles. The van der Waals surface area contributed by atoms with Gasteiger partial charge in [0.05, 0.1) is 22.3 Å². The maximum atomic E-state index is 15.7. The summed E-state index contributed by atoms with van der Waals surface area (Å²) in [7, 11) is 0. The molecule has 4 saturated carbocycles. The predicted octanol–water partition coefficient (Wildman–Crippen LogP) is 17.4. The molecule has 0 radical (unpaired) electrons. The first-order valence-electron chi connectivity index (χ1n) is 31.2. The average Bonchev–Trinajstić information content (AvgIpc) is 3.59. The molecule has 0 spiro atoms. The van der Waals surface area contributed by atoms with Crippen molar-refractivity contribution in [1.82, 2.24) is 0 Å². The number of ether oxygens (including phenoxy) is 4. The van der Waals surface area contributed by atoms with Gasteiger partial charge in [0.25, 0.3) is 0 Å². The molecule has 4 fully saturated rings. The number of carbonyl (C=O) groups is 4. The van der Waals surface area contributed by atoms with E-state index in [0.29, 0.717) is 25.7 Å². The molecule has 0 amide bonds. The van der Waals surface area contributed by atoms with Crippen molar-refractivity contribution in [1.29, 1.82) is 0 Å². The molecule has 0 N–H and O–H groups in total. The molecular weight excluding hydrogens is 1020 g/mol. The lowest BCUT2D eigenvalue weighted by atomic mass is 9.64. The van der Waals surface area contributed by atoms with Gasteiger partial charge in [0.2, 0.25) is 0 Å². The minimum absolute atomic E-state index is 0.0574. The summed E-state index contributed by atoms with van der Waals surface area (Å²) < 4.78 is 27.3. The van der Waals surface area contributed by atoms with E-state index >= 15 is 19.2 Å². The first-order chi connectivity index (χ1) is 39.0. The first kappa shape index (κ1) is 60.6. The smallest absolute Gasteiger partial charge is 0.339 e. The van der Waals surface area contributed by atoms with Gasteiger partial charge in [0.15, 0.2) is 0 Å². The Kier molecular flexibility index (Phi) is 18.5. The van der Waals surface area contributed by atoms with Gasteiger partial charge in [-0.05, 0) is 131 Å². The highest BCUT2D eigenvalue weighted by molar-refractivity contribution is 6.10. The van der Waals surface area contributed by atoms with Crippen LogP contribution in [-0.4, -0.2) is 48.3 Å². The fourth-order valence-electron chi connectivity index (χ4n) is 15.5. The number of benzene rings is 5. The predicted molar refractivity (Wildman–Crippen MR) is 327 cm³/mol. The maximum absolute atomic E-state index is 15.7. The Morgan fingerprint density at radius 1 is 0.305 bits per heavy atom. The van der Waals surface area contributed by atoms with Crippen LogP contribution in [0.5, 0.6) is 0 Å². The summed E-state index contributed by atoms with van der Waals surface area (Å²) in [5.74, 6) is -2.11. The molecule has 4 aliphatic rings. The van der Waals surface area contributed by atoms with Crippen LogP contribution in [0.25, 0.3) is 0 Å². The van der Waals surface area contributed by atoms with Crippen LogP contribution in [0.1, 0.15) is 224 Å². The lowest BCUT2D eigenvalue weighted by Gasteiger charge is -2.44. The second-order valence-electron chi connectivity index (χ2n) is 28.2. The van der Waals surface area contributed by atoms with Crippen molar-refractivity contribution < 1.29 is 38.1 Å². The van der Waals surface area contributed by atoms with Crippen molar-refractivity contribution in [2.75, 3.05) is 0 Å². The average molecular weight is 1110 g/mol. The molecule has 8 nitrogen and oxygen atoms in total. The third kappa shape index (κ3) is 13.0. The fourth-order valence-corrected chi connectivity index (χ4v) is 15.5. The molecular formula is C74H94O8. The molecule has 12 atom stereocenters. The minimum Gasteiger partial charge on any atom is -0.458 e. The number of hydrogen-bond acceptors (Lipinski definition) is 8. The monoisotopic (exact) mass is 1110 g/mol. The third-order valence-corrected chi connectivity index (χ3v) is 21.1. The molecule has 0 heterocycles. The molecule has 0 saturated heterocycles. The van der Waals surface area contributed by atoms with E-state index in [1.807, 2.05) is 72.8 Å². The quantitative estimate of drug-likeness (QED) is 0.0711. The van der Waals surface area contributed by atoms with E-state index in [4.69, 9.17) is 18.9 Å². The lowest BCUT2D eigenvalue weighted by Crippen LogP contribution is -2.44. The summed E-state index contributed by atoms with van der Waals surface area (Å²) in [6, 6.07) is 44.3. The Morgan fingerprint density at radius 2 is 0.488 bits per heavy atom. The van der Waals surface area contributed by atoms with Gasteiger partial charge in [0, 0.05) is 23.7 Å². The van der Waals surface area contributed by atoms with Gasteiger partial charge in [-0.3, -0.25) is 0 Å². The number of rotatable bonds is 16. The summed E-state index contributed by atoms with van der Waals surface area (Å²) >= 11 is 0. The topological polar surface area (TPSA) is 105 Å². The number of carbonyl (C=O) groups excluding carboxylic acids is 4. The van der Waals surface area contributed by atoms with Gasteiger partial charge in [-0.2, -0.15) is 0 Å². The van der Waals surface area contributed by atoms with Crippen LogP contribution in [-0.2, 0) is 40.6 Å². The Balaban J connectivity index is 1.17. The Hall–Kier alpha value is -6.02. The van der Waals surface area contributed by atoms with Crippen LogP contribution < -0.4 is 0 Å². The van der Waals surface area contributed by atoms with E-state index in [1.165, 1.54) is 12.1 Å². The SMILES string of the molecule is C[C@@H]1CC[C@@H](C(C)(C)c2ccccc2)[C@H](OC(=O)c2cc(C(=O)O[C@@H]3C[C@H](C)CC[C@H]3C(C)(C)c3ccccc3)c(C(=O)O[C@@H]3C[C@H](C)CC[C@H]3C(C)(C)c3ccccc3)cc2C(=O)O[C@@H]2C[C@H](C)CC[C@H]2C(C)(C)c2ccccc2)C1. The molecule has 0 bridgehead atoms. The van der Waals surface area contributed by atoms with Crippen LogP contribution in [0.15, 0.2) is 133 Å². The fraction of sp³-hybridized carbons (Fsp3) is 0.541. The van der Waals surface area contributed by atoms with Crippen LogP contribution in [0, 0.1) is 47.3 Å². The number of hydrogen-bond donors (Lipinski definition) is 0. The third-order valence-electron chi connectivity index (χ3n) is 21.1. The van der Waals surface area contributed by atoms with Crippen molar-refractivity contribution in [3.63, 3.8) is 0 Å². The van der Waals surface area contributed by atoms with Crippen molar-refractivity contribution in [2.24, 2.45) is 47.3 Å². The Bertz CT molecular complexity index is 2580. The highest BCUT2D eigenvalue weighted by atomic mass is 16.6. The maximum Gasteiger partial charge on any atom is 0.339 e. The van der Waals surface area contributed by atoms with E-state index in [2.05, 4.69) is 132 Å². The molecule has 9 rings (SSSR count). The molecule has 438 valence electrons. The standard InChI is InChI=1S/C74H94O8/c1-47-33-37-59(71(5,6)51-25-17-13-18-26-51)63(41-47)79-67(75)55-45-57(69(77)81-65-43-49(3)35-39-61(65)73(9,10)53-29-21-15-22-30-53)58(70(78)82-66-44-50(4)36-40-62(66)74(11,12)54-31-23-16-24-32-54)46-56(55)68(76)80-64-42-48(2)34-38-60(64)72(7,8)52-27-19-14-20-28-52/h13-32,45-50,59-66H,33-44H2,1-12H3/t47-,48-,49-,50-,59-,60-,61-,62-,63-,64-,65-,66-/m1/s1. The molecule has 5 aromatic carbocycles. The van der Waals surface area contributed by atoms with Crippen molar-refractivity contribution in [2.45, 2.75) is 206 Å². The van der Waals surface area contributed by atoms with Gasteiger partial charge in [-0.15, -0.1) is 0 Å². The Morgan fingerprint density at radius 3 is 0.671 bits per heavy atom. The summed E-state index contributed by atoms with van der Waals surface area (Å²) in [6.07, 6.45) is 7.66. The summed E-state index contributed by atoms with van der Waals surface area (Å²) in [4.78, 5) is 62.7. The molecule has 0 unspecified atom stereocenters. The largest absolute Gasteiger partial charge is 0.458 e. The van der Waals surface area contributed by atoms with E-state index in [-0.39, 0.29) is 91.3 Å². The first-order valence-corrected chi connectivity index (χ1v) is 31.2. The summed E-state index contributed by atoms with van der Waals surface area (Å²) in [5, 5.41) is 0. The van der Waals surface area contributed by atoms with Crippen LogP contribution in [0.3, 0.4) is 0 Å². The molecule has 5 aromatic rings. The highest BCUT2D eigenvalue weighted by Gasteiger charge is 2.48. The van der Waals surface area contributed by atoms with E-state index in [9.17, 15) is 0 Å². The van der Waals surface area contributed by atoms with Crippen molar-refractivity contribution >= 4 is 23.9 Å². The van der Waals surface area contributed by atoms with E-state index in [0.717, 1.165) is 73.6 Å². The second-order valence-corrected chi connectivity index (χ2v) is 28.2. The van der Waals surface area contributed by atoms with E-state index in [1.54, 1.807) is 0 Å². The van der Waals surface area contributed by atoms with Crippen molar-refractivity contribution in [3.05, 3.63) is 178 Å². The molecule has 82 heavy (non-hydrogen) atoms. The van der Waals surface area contributed by atoms with Gasteiger partial charge in [0.1, 0.15) is 24.4 Å². The second kappa shape index (κ2) is 25.1. The van der Waals surface area contributed by atoms with Gasteiger partial charge in [-0.1, -0.05) is 230 Å². The van der Waals surface area contributed by atoms with Gasteiger partial charge in [-0.25, -0.2) is 19.2 Å². The van der Waals surface area contributed by atoms with Gasteiger partial charge >= 0.3 is 23.9 Å². The Labute approximate surface area is 491 Å². The van der Waals surface area contributed by atoms with Crippen LogP contribution >= 0.6 is 0 Å². The zero-order valence-electron chi connectivity index (χ0n) is 51.4. The molecule has 0 aliphatic heterocycles. The normalized spacial score (nSPS) is 27.4. The lowest BCUT2D eigenvalue weighted by molar-refractivity contribution is -0.0284. The zero-order valence-corrected chi connectivity index (χ0v) is 51.4.